The van der Waals surface area contributed by atoms with Gasteiger partial charge in [-0.05, 0) is 39.7 Å². The maximum Gasteiger partial charge on any atom is 0.340 e. The smallest absolute Gasteiger partial charge is 0.340 e. The van der Waals surface area contributed by atoms with E-state index in [1.807, 2.05) is 0 Å². The highest BCUT2D eigenvalue weighted by atomic mass is 16.7. The summed E-state index contributed by atoms with van der Waals surface area (Å²) in [7, 11) is 0. The zero-order chi connectivity index (χ0) is 16.8. The lowest BCUT2D eigenvalue weighted by Crippen LogP contribution is -2.47. The molecule has 0 radical (unpaired) electrons. The minimum atomic E-state index is -1.24. The van der Waals surface area contributed by atoms with Gasteiger partial charge in [-0.25, -0.2) is 10.3 Å². The maximum atomic E-state index is 12.1. The number of rotatable bonds is 6. The lowest BCUT2D eigenvalue weighted by Gasteiger charge is -2.31. The summed E-state index contributed by atoms with van der Waals surface area (Å²) in [5, 5.41) is 0. The molecule has 1 fully saturated rings. The summed E-state index contributed by atoms with van der Waals surface area (Å²) in [4.78, 5) is 42.0. The zero-order valence-electron chi connectivity index (χ0n) is 13.4. The number of carbonyl (C=O) groups is 3. The summed E-state index contributed by atoms with van der Waals surface area (Å²) >= 11 is 0. The lowest BCUT2D eigenvalue weighted by molar-refractivity contribution is -0.181. The van der Waals surface area contributed by atoms with Crippen molar-refractivity contribution in [2.45, 2.75) is 39.2 Å². The highest BCUT2D eigenvalue weighted by molar-refractivity contribution is 5.87. The molecule has 0 unspecified atom stereocenters. The molecule has 1 heterocycles. The number of likely N-dealkylation sites (tertiary alicyclic amines) is 1. The molecule has 0 aliphatic carbocycles. The molecule has 22 heavy (non-hydrogen) atoms. The van der Waals surface area contributed by atoms with Crippen LogP contribution in [0.1, 0.15) is 33.6 Å². The molecule has 7 nitrogen and oxygen atoms in total. The van der Waals surface area contributed by atoms with Crippen LogP contribution in [0.25, 0.3) is 0 Å². The second kappa shape index (κ2) is 7.93. The third kappa shape index (κ3) is 4.84. The van der Waals surface area contributed by atoms with Gasteiger partial charge >= 0.3 is 5.97 Å². The van der Waals surface area contributed by atoms with E-state index in [0.29, 0.717) is 25.9 Å². The van der Waals surface area contributed by atoms with Crippen molar-refractivity contribution in [3.8, 4) is 0 Å². The quantitative estimate of drug-likeness (QED) is 0.445. The molecular weight excluding hydrogens is 288 g/mol. The molecule has 1 aliphatic rings. The second-order valence-corrected chi connectivity index (χ2v) is 5.60. The summed E-state index contributed by atoms with van der Waals surface area (Å²) in [6.07, 6.45) is 2.37. The van der Waals surface area contributed by atoms with Gasteiger partial charge in [0.2, 0.25) is 11.8 Å². The number of esters is 1. The van der Waals surface area contributed by atoms with Gasteiger partial charge in [-0.2, -0.15) is 0 Å². The van der Waals surface area contributed by atoms with E-state index >= 15 is 0 Å². The molecular formula is C15H24N2O5. The predicted molar refractivity (Wildman–Crippen MR) is 79.4 cm³/mol. The number of carbonyl (C=O) groups excluding carboxylic acids is 3. The van der Waals surface area contributed by atoms with E-state index in [1.165, 1.54) is 19.9 Å². The molecule has 2 amide bonds. The highest BCUT2D eigenvalue weighted by Crippen LogP contribution is 2.18. The SMILES string of the molecule is C=CC(=O)N1CCC(C(=O)NOC(C)(C)C(=O)OCC)CC1. The molecule has 7 heteroatoms. The molecule has 1 N–H and O–H groups in total. The van der Waals surface area contributed by atoms with Crippen LogP contribution in [-0.4, -0.2) is 48.0 Å². The molecule has 1 rings (SSSR count). The Labute approximate surface area is 130 Å². The highest BCUT2D eigenvalue weighted by Gasteiger charge is 2.33. The van der Waals surface area contributed by atoms with Crippen LogP contribution in [0.2, 0.25) is 0 Å². The van der Waals surface area contributed by atoms with Gasteiger partial charge in [0.05, 0.1) is 6.61 Å². The first-order valence-electron chi connectivity index (χ1n) is 7.38. The first kappa shape index (κ1) is 18.2. The molecule has 0 aromatic rings. The number of ether oxygens (including phenoxy) is 1. The third-order valence-electron chi connectivity index (χ3n) is 3.53. The largest absolute Gasteiger partial charge is 0.464 e. The molecule has 1 saturated heterocycles. The standard InChI is InChI=1S/C15H24N2O5/c1-5-12(18)17-9-7-11(8-10-17)13(19)16-22-15(3,4)14(20)21-6-2/h5,11H,1,6-10H2,2-4H3,(H,16,19). The minimum Gasteiger partial charge on any atom is -0.464 e. The van der Waals surface area contributed by atoms with Crippen LogP contribution >= 0.6 is 0 Å². The van der Waals surface area contributed by atoms with Crippen LogP contribution in [0, 0.1) is 5.92 Å². The van der Waals surface area contributed by atoms with E-state index in [4.69, 9.17) is 9.57 Å². The number of nitrogens with zero attached hydrogens (tertiary/aromatic N) is 1. The van der Waals surface area contributed by atoms with E-state index in [0.717, 1.165) is 0 Å². The summed E-state index contributed by atoms with van der Waals surface area (Å²) in [6, 6.07) is 0. The number of amides is 2. The number of nitrogens with one attached hydrogen (secondary N) is 1. The summed E-state index contributed by atoms with van der Waals surface area (Å²) in [5.41, 5.74) is 1.08. The van der Waals surface area contributed by atoms with E-state index in [-0.39, 0.29) is 24.3 Å². The van der Waals surface area contributed by atoms with Gasteiger partial charge in [0.1, 0.15) is 0 Å². The zero-order valence-corrected chi connectivity index (χ0v) is 13.4. The average molecular weight is 312 g/mol. The molecule has 0 saturated carbocycles. The van der Waals surface area contributed by atoms with Crippen LogP contribution in [0.3, 0.4) is 0 Å². The molecule has 0 atom stereocenters. The van der Waals surface area contributed by atoms with Crippen molar-refractivity contribution in [2.75, 3.05) is 19.7 Å². The van der Waals surface area contributed by atoms with E-state index in [1.54, 1.807) is 11.8 Å². The molecule has 0 aromatic heterocycles. The van der Waals surface area contributed by atoms with Crippen molar-refractivity contribution in [2.24, 2.45) is 5.92 Å². The Morgan fingerprint density at radius 1 is 1.32 bits per heavy atom. The summed E-state index contributed by atoms with van der Waals surface area (Å²) < 4.78 is 4.87. The van der Waals surface area contributed by atoms with E-state index in [9.17, 15) is 14.4 Å². The summed E-state index contributed by atoms with van der Waals surface area (Å²) in [6.45, 7) is 9.45. The van der Waals surface area contributed by atoms with Crippen molar-refractivity contribution in [3.63, 3.8) is 0 Å². The Kier molecular flexibility index (Phi) is 6.55. The Morgan fingerprint density at radius 3 is 2.41 bits per heavy atom. The van der Waals surface area contributed by atoms with Gasteiger partial charge in [0.15, 0.2) is 5.60 Å². The van der Waals surface area contributed by atoms with Crippen molar-refractivity contribution in [1.82, 2.24) is 10.4 Å². The number of hydrogen-bond donors (Lipinski definition) is 1. The van der Waals surface area contributed by atoms with Gasteiger partial charge in [-0.3, -0.25) is 14.4 Å². The number of piperidine rings is 1. The van der Waals surface area contributed by atoms with Crippen LogP contribution in [0.4, 0.5) is 0 Å². The van der Waals surface area contributed by atoms with E-state index in [2.05, 4.69) is 12.1 Å². The number of hydroxylamine groups is 1. The molecule has 0 spiro atoms. The van der Waals surface area contributed by atoms with Crippen LogP contribution in [-0.2, 0) is 24.0 Å². The fourth-order valence-corrected chi connectivity index (χ4v) is 2.10. The van der Waals surface area contributed by atoms with E-state index < -0.39 is 11.6 Å². The van der Waals surface area contributed by atoms with Gasteiger partial charge in [0, 0.05) is 19.0 Å². The second-order valence-electron chi connectivity index (χ2n) is 5.60. The molecule has 0 bridgehead atoms. The third-order valence-corrected chi connectivity index (χ3v) is 3.53. The van der Waals surface area contributed by atoms with Gasteiger partial charge in [0.25, 0.3) is 0 Å². The van der Waals surface area contributed by atoms with Crippen molar-refractivity contribution in [3.05, 3.63) is 12.7 Å². The number of hydrogen-bond acceptors (Lipinski definition) is 5. The van der Waals surface area contributed by atoms with Crippen LogP contribution in [0.15, 0.2) is 12.7 Å². The Morgan fingerprint density at radius 2 is 1.91 bits per heavy atom. The Hall–Kier alpha value is -1.89. The maximum absolute atomic E-state index is 12.1. The monoisotopic (exact) mass is 312 g/mol. The molecule has 124 valence electrons. The molecule has 0 aromatic carbocycles. The first-order chi connectivity index (χ1) is 10.3. The van der Waals surface area contributed by atoms with Gasteiger partial charge in [-0.1, -0.05) is 6.58 Å². The van der Waals surface area contributed by atoms with Gasteiger partial charge in [-0.15, -0.1) is 0 Å². The first-order valence-corrected chi connectivity index (χ1v) is 7.38. The van der Waals surface area contributed by atoms with Crippen LogP contribution < -0.4 is 5.48 Å². The fourth-order valence-electron chi connectivity index (χ4n) is 2.10. The van der Waals surface area contributed by atoms with Crippen molar-refractivity contribution < 1.29 is 24.0 Å². The fraction of sp³-hybridized carbons (Fsp3) is 0.667. The average Bonchev–Trinajstić information content (AvgIpc) is 2.52. The molecule has 1 aliphatic heterocycles. The minimum absolute atomic E-state index is 0.126. The van der Waals surface area contributed by atoms with Gasteiger partial charge < -0.3 is 9.64 Å². The summed E-state index contributed by atoms with van der Waals surface area (Å²) in [5.74, 6) is -1.20. The lowest BCUT2D eigenvalue weighted by atomic mass is 9.96. The van der Waals surface area contributed by atoms with Crippen molar-refractivity contribution in [1.29, 1.82) is 0 Å². The Balaban J connectivity index is 2.42. The topological polar surface area (TPSA) is 84.9 Å². The van der Waals surface area contributed by atoms with Crippen LogP contribution in [0.5, 0.6) is 0 Å². The Bertz CT molecular complexity index is 439. The normalized spacial score (nSPS) is 16.0. The van der Waals surface area contributed by atoms with Crippen molar-refractivity contribution >= 4 is 17.8 Å². The predicted octanol–water partition coefficient (Wildman–Crippen LogP) is 0.800.